The highest BCUT2D eigenvalue weighted by Crippen LogP contribution is 2.24. The highest BCUT2D eigenvalue weighted by atomic mass is 19.1. The lowest BCUT2D eigenvalue weighted by molar-refractivity contribution is -0.123. The SMILES string of the molecule is CC(C)NC(=O)C(CCCN)c1ccccc1F. The average molecular weight is 252 g/mol. The molecule has 0 saturated carbocycles. The second-order valence-electron chi connectivity index (χ2n) is 4.67. The van der Waals surface area contributed by atoms with Crippen LogP contribution in [0.5, 0.6) is 0 Å². The number of carbonyl (C=O) groups excluding carboxylic acids is 1. The molecule has 1 atom stereocenters. The van der Waals surface area contributed by atoms with Crippen molar-refractivity contribution >= 4 is 5.91 Å². The standard InChI is InChI=1S/C14H21FN2O/c1-10(2)17-14(18)12(7-5-9-16)11-6-3-4-8-13(11)15/h3-4,6,8,10,12H,5,7,9,16H2,1-2H3,(H,17,18). The predicted octanol–water partition coefficient (Wildman–Crippen LogP) is 2.17. The molecule has 0 aliphatic heterocycles. The van der Waals surface area contributed by atoms with Gasteiger partial charge in [0.05, 0.1) is 5.92 Å². The Kier molecular flexibility index (Phi) is 5.78. The Morgan fingerprint density at radius 2 is 2.06 bits per heavy atom. The van der Waals surface area contributed by atoms with E-state index in [1.54, 1.807) is 18.2 Å². The number of halogens is 1. The molecule has 1 aromatic carbocycles. The largest absolute Gasteiger partial charge is 0.353 e. The second kappa shape index (κ2) is 7.11. The van der Waals surface area contributed by atoms with Crippen LogP contribution in [0.1, 0.15) is 38.2 Å². The van der Waals surface area contributed by atoms with E-state index in [1.165, 1.54) is 6.07 Å². The summed E-state index contributed by atoms with van der Waals surface area (Å²) in [7, 11) is 0. The molecule has 1 aromatic rings. The van der Waals surface area contributed by atoms with Gasteiger partial charge in [0.15, 0.2) is 0 Å². The number of nitrogens with two attached hydrogens (primary N) is 1. The quantitative estimate of drug-likeness (QED) is 0.815. The van der Waals surface area contributed by atoms with Gasteiger partial charge in [0.25, 0.3) is 0 Å². The average Bonchev–Trinajstić information content (AvgIpc) is 2.31. The van der Waals surface area contributed by atoms with Gasteiger partial charge in [-0.05, 0) is 39.3 Å². The first-order chi connectivity index (χ1) is 8.56. The molecule has 0 aliphatic carbocycles. The van der Waals surface area contributed by atoms with E-state index < -0.39 is 5.92 Å². The van der Waals surface area contributed by atoms with Crippen LogP contribution in [0.15, 0.2) is 24.3 Å². The molecule has 0 heterocycles. The van der Waals surface area contributed by atoms with Crippen molar-refractivity contribution in [1.29, 1.82) is 0 Å². The van der Waals surface area contributed by atoms with E-state index in [9.17, 15) is 9.18 Å². The van der Waals surface area contributed by atoms with Crippen LogP contribution in [0.2, 0.25) is 0 Å². The van der Waals surface area contributed by atoms with Crippen LogP contribution in [0.4, 0.5) is 4.39 Å². The van der Waals surface area contributed by atoms with Gasteiger partial charge in [-0.25, -0.2) is 4.39 Å². The zero-order chi connectivity index (χ0) is 13.5. The van der Waals surface area contributed by atoms with Crippen molar-refractivity contribution in [3.05, 3.63) is 35.6 Å². The summed E-state index contributed by atoms with van der Waals surface area (Å²) in [5.41, 5.74) is 5.92. The van der Waals surface area contributed by atoms with E-state index in [0.717, 1.165) is 0 Å². The van der Waals surface area contributed by atoms with E-state index >= 15 is 0 Å². The molecule has 3 nitrogen and oxygen atoms in total. The number of rotatable bonds is 6. The maximum absolute atomic E-state index is 13.8. The minimum absolute atomic E-state index is 0.0460. The van der Waals surface area contributed by atoms with Crippen molar-refractivity contribution in [1.82, 2.24) is 5.32 Å². The molecule has 100 valence electrons. The maximum Gasteiger partial charge on any atom is 0.227 e. The second-order valence-corrected chi connectivity index (χ2v) is 4.67. The van der Waals surface area contributed by atoms with E-state index in [-0.39, 0.29) is 17.8 Å². The van der Waals surface area contributed by atoms with E-state index in [0.29, 0.717) is 24.9 Å². The third kappa shape index (κ3) is 4.11. The number of benzene rings is 1. The lowest BCUT2D eigenvalue weighted by Crippen LogP contribution is -2.35. The third-order valence-corrected chi connectivity index (χ3v) is 2.72. The Morgan fingerprint density at radius 3 is 2.61 bits per heavy atom. The number of hydrogen-bond donors (Lipinski definition) is 2. The molecule has 0 bridgehead atoms. The molecule has 3 N–H and O–H groups in total. The van der Waals surface area contributed by atoms with Gasteiger partial charge in [0.1, 0.15) is 5.82 Å². The zero-order valence-electron chi connectivity index (χ0n) is 10.9. The first kappa shape index (κ1) is 14.6. The molecule has 1 amide bonds. The van der Waals surface area contributed by atoms with Crippen molar-refractivity contribution in [3.63, 3.8) is 0 Å². The first-order valence-corrected chi connectivity index (χ1v) is 6.31. The molecule has 0 aromatic heterocycles. The number of amides is 1. The fourth-order valence-electron chi connectivity index (χ4n) is 1.89. The van der Waals surface area contributed by atoms with Crippen LogP contribution in [-0.2, 0) is 4.79 Å². The third-order valence-electron chi connectivity index (χ3n) is 2.72. The summed E-state index contributed by atoms with van der Waals surface area (Å²) in [6.45, 7) is 4.28. The van der Waals surface area contributed by atoms with Gasteiger partial charge in [-0.2, -0.15) is 0 Å². The van der Waals surface area contributed by atoms with Gasteiger partial charge in [-0.1, -0.05) is 18.2 Å². The Morgan fingerprint density at radius 1 is 1.39 bits per heavy atom. The molecule has 4 heteroatoms. The van der Waals surface area contributed by atoms with Gasteiger partial charge in [-0.3, -0.25) is 4.79 Å². The smallest absolute Gasteiger partial charge is 0.227 e. The number of hydrogen-bond acceptors (Lipinski definition) is 2. The lowest BCUT2D eigenvalue weighted by Gasteiger charge is -2.19. The molecule has 1 rings (SSSR count). The molecule has 18 heavy (non-hydrogen) atoms. The summed E-state index contributed by atoms with van der Waals surface area (Å²) in [6.07, 6.45) is 1.26. The van der Waals surface area contributed by atoms with Crippen LogP contribution in [0, 0.1) is 5.82 Å². The van der Waals surface area contributed by atoms with Crippen LogP contribution >= 0.6 is 0 Å². The summed E-state index contributed by atoms with van der Waals surface area (Å²) in [4.78, 5) is 12.1. The Hall–Kier alpha value is -1.42. The van der Waals surface area contributed by atoms with E-state index in [2.05, 4.69) is 5.32 Å². The highest BCUT2D eigenvalue weighted by molar-refractivity contribution is 5.83. The Labute approximate surface area is 108 Å². The topological polar surface area (TPSA) is 55.1 Å². The summed E-state index contributed by atoms with van der Waals surface area (Å²) in [5, 5.41) is 2.83. The van der Waals surface area contributed by atoms with Crippen LogP contribution in [0.25, 0.3) is 0 Å². The van der Waals surface area contributed by atoms with Crippen molar-refractivity contribution in [3.8, 4) is 0 Å². The Balaban J connectivity index is 2.90. The molecular formula is C14H21FN2O. The molecular weight excluding hydrogens is 231 g/mol. The molecule has 0 saturated heterocycles. The maximum atomic E-state index is 13.8. The predicted molar refractivity (Wildman–Crippen MR) is 70.7 cm³/mol. The molecule has 0 aliphatic rings. The van der Waals surface area contributed by atoms with Crippen LogP contribution in [0.3, 0.4) is 0 Å². The van der Waals surface area contributed by atoms with Crippen molar-refractivity contribution in [2.45, 2.75) is 38.6 Å². The highest BCUT2D eigenvalue weighted by Gasteiger charge is 2.23. The fraction of sp³-hybridized carbons (Fsp3) is 0.500. The zero-order valence-corrected chi connectivity index (χ0v) is 10.9. The molecule has 0 spiro atoms. The first-order valence-electron chi connectivity index (χ1n) is 6.31. The fourth-order valence-corrected chi connectivity index (χ4v) is 1.89. The van der Waals surface area contributed by atoms with Gasteiger partial charge in [-0.15, -0.1) is 0 Å². The minimum atomic E-state index is -0.461. The van der Waals surface area contributed by atoms with Crippen molar-refractivity contribution in [2.75, 3.05) is 6.54 Å². The minimum Gasteiger partial charge on any atom is -0.353 e. The Bertz CT molecular complexity index is 393. The summed E-state index contributed by atoms with van der Waals surface area (Å²) < 4.78 is 13.8. The molecule has 0 fully saturated rings. The number of carbonyl (C=O) groups is 1. The summed E-state index contributed by atoms with van der Waals surface area (Å²) >= 11 is 0. The molecule has 0 radical (unpaired) electrons. The molecule has 1 unspecified atom stereocenters. The van der Waals surface area contributed by atoms with E-state index in [4.69, 9.17) is 5.73 Å². The monoisotopic (exact) mass is 252 g/mol. The van der Waals surface area contributed by atoms with Crippen molar-refractivity contribution in [2.24, 2.45) is 5.73 Å². The normalized spacial score (nSPS) is 12.5. The van der Waals surface area contributed by atoms with E-state index in [1.807, 2.05) is 13.8 Å². The van der Waals surface area contributed by atoms with Gasteiger partial charge < -0.3 is 11.1 Å². The lowest BCUT2D eigenvalue weighted by atomic mass is 9.92. The van der Waals surface area contributed by atoms with Crippen molar-refractivity contribution < 1.29 is 9.18 Å². The summed E-state index contributed by atoms with van der Waals surface area (Å²) in [5.74, 6) is -0.931. The van der Waals surface area contributed by atoms with Crippen LogP contribution in [-0.4, -0.2) is 18.5 Å². The number of nitrogens with one attached hydrogen (secondary N) is 1. The summed E-state index contributed by atoms with van der Waals surface area (Å²) in [6, 6.07) is 6.46. The van der Waals surface area contributed by atoms with Gasteiger partial charge in [0.2, 0.25) is 5.91 Å². The van der Waals surface area contributed by atoms with Crippen LogP contribution < -0.4 is 11.1 Å². The van der Waals surface area contributed by atoms with Gasteiger partial charge in [0, 0.05) is 11.6 Å². The van der Waals surface area contributed by atoms with Gasteiger partial charge >= 0.3 is 0 Å².